The Bertz CT molecular complexity index is 1000. The lowest BCUT2D eigenvalue weighted by Gasteiger charge is -2.33. The van der Waals surface area contributed by atoms with Gasteiger partial charge in [0, 0.05) is 26.2 Å². The van der Waals surface area contributed by atoms with E-state index < -0.39 is 16.1 Å². The summed E-state index contributed by atoms with van der Waals surface area (Å²) in [5.74, 6) is 6.07. The molecule has 0 spiro atoms. The number of carbonyl (C=O) groups is 1. The maximum Gasteiger partial charge on any atom is 0.410 e. The maximum absolute atomic E-state index is 12.9. The van der Waals surface area contributed by atoms with E-state index in [1.165, 1.54) is 21.3 Å². The molecule has 0 atom stereocenters. The van der Waals surface area contributed by atoms with Gasteiger partial charge in [0.1, 0.15) is 19.0 Å². The van der Waals surface area contributed by atoms with E-state index in [2.05, 4.69) is 11.8 Å². The Labute approximate surface area is 177 Å². The zero-order valence-corrected chi connectivity index (χ0v) is 17.6. The summed E-state index contributed by atoms with van der Waals surface area (Å²) in [5.41, 5.74) is 0.904. The van der Waals surface area contributed by atoms with Crippen LogP contribution in [0.2, 0.25) is 0 Å². The van der Waals surface area contributed by atoms with Crippen LogP contribution in [0.15, 0.2) is 59.5 Å². The maximum atomic E-state index is 12.9. The van der Waals surface area contributed by atoms with Gasteiger partial charge in [-0.2, -0.15) is 4.31 Å². The molecule has 0 bridgehead atoms. The Hall–Kier alpha value is -3.02. The molecule has 1 aliphatic heterocycles. The first kappa shape index (κ1) is 21.7. The molecular formula is C22H24N2O5S. The predicted octanol–water partition coefficient (Wildman–Crippen LogP) is 2.73. The van der Waals surface area contributed by atoms with E-state index in [-0.39, 0.29) is 44.3 Å². The standard InChI is InChI=1S/C22H24N2O5S/c1-2-3-17-28-20-9-11-21(12-10-20)30(26,27)24-15-13-23(14-16-24)22(25)29-18-19-7-5-4-6-8-19/h4-12H,13-18H2,1H3. The van der Waals surface area contributed by atoms with Crippen molar-refractivity contribution < 1.29 is 22.7 Å². The summed E-state index contributed by atoms with van der Waals surface area (Å²) in [6, 6.07) is 15.7. The van der Waals surface area contributed by atoms with Crippen LogP contribution in [0.5, 0.6) is 5.75 Å². The van der Waals surface area contributed by atoms with Crippen molar-refractivity contribution in [3.05, 3.63) is 60.2 Å². The zero-order chi connectivity index (χ0) is 21.4. The van der Waals surface area contributed by atoms with E-state index in [9.17, 15) is 13.2 Å². The molecule has 1 heterocycles. The molecule has 0 unspecified atom stereocenters. The van der Waals surface area contributed by atoms with Gasteiger partial charge in [-0.1, -0.05) is 36.3 Å². The Morgan fingerprint density at radius 3 is 2.30 bits per heavy atom. The Morgan fingerprint density at radius 2 is 1.67 bits per heavy atom. The molecule has 3 rings (SSSR count). The minimum Gasteiger partial charge on any atom is -0.481 e. The molecular weight excluding hydrogens is 404 g/mol. The van der Waals surface area contributed by atoms with Gasteiger partial charge < -0.3 is 14.4 Å². The van der Waals surface area contributed by atoms with Crippen LogP contribution in [-0.4, -0.2) is 56.5 Å². The lowest BCUT2D eigenvalue weighted by Crippen LogP contribution is -2.50. The predicted molar refractivity (Wildman–Crippen MR) is 112 cm³/mol. The third-order valence-corrected chi connectivity index (χ3v) is 6.56. The van der Waals surface area contributed by atoms with Crippen molar-refractivity contribution in [3.8, 4) is 17.6 Å². The first-order valence-electron chi connectivity index (χ1n) is 9.59. The van der Waals surface area contributed by atoms with Crippen LogP contribution in [0, 0.1) is 11.8 Å². The summed E-state index contributed by atoms with van der Waals surface area (Å²) in [6.07, 6.45) is -0.437. The third-order valence-electron chi connectivity index (χ3n) is 4.65. The molecule has 0 saturated carbocycles. The van der Waals surface area contributed by atoms with Gasteiger partial charge in [-0.15, -0.1) is 5.92 Å². The lowest BCUT2D eigenvalue weighted by atomic mass is 10.2. The quantitative estimate of drug-likeness (QED) is 0.662. The SMILES string of the molecule is CC#CCOc1ccc(S(=O)(=O)N2CCN(C(=O)OCc3ccccc3)CC2)cc1. The van der Waals surface area contributed by atoms with Gasteiger partial charge in [0.15, 0.2) is 0 Å². The highest BCUT2D eigenvalue weighted by molar-refractivity contribution is 7.89. The van der Waals surface area contributed by atoms with Gasteiger partial charge in [0.05, 0.1) is 4.90 Å². The third kappa shape index (κ3) is 5.53. The summed E-state index contributed by atoms with van der Waals surface area (Å²) in [5, 5.41) is 0. The van der Waals surface area contributed by atoms with Gasteiger partial charge in [-0.3, -0.25) is 0 Å². The number of benzene rings is 2. The molecule has 158 valence electrons. The highest BCUT2D eigenvalue weighted by atomic mass is 32.2. The molecule has 0 radical (unpaired) electrons. The second-order valence-corrected chi connectivity index (χ2v) is 8.56. The summed E-state index contributed by atoms with van der Waals surface area (Å²) >= 11 is 0. The van der Waals surface area contributed by atoms with Crippen LogP contribution >= 0.6 is 0 Å². The molecule has 7 nitrogen and oxygen atoms in total. The van der Waals surface area contributed by atoms with E-state index in [0.29, 0.717) is 5.75 Å². The van der Waals surface area contributed by atoms with E-state index in [4.69, 9.17) is 9.47 Å². The molecule has 1 saturated heterocycles. The number of nitrogens with zero attached hydrogens (tertiary/aromatic N) is 2. The monoisotopic (exact) mass is 428 g/mol. The fourth-order valence-electron chi connectivity index (χ4n) is 2.97. The van der Waals surface area contributed by atoms with Gasteiger partial charge in [-0.25, -0.2) is 13.2 Å². The normalized spacial score (nSPS) is 14.5. The number of piperazine rings is 1. The topological polar surface area (TPSA) is 76.2 Å². The highest BCUT2D eigenvalue weighted by Gasteiger charge is 2.30. The van der Waals surface area contributed by atoms with E-state index >= 15 is 0 Å². The van der Waals surface area contributed by atoms with Gasteiger partial charge in [0.25, 0.3) is 0 Å². The molecule has 1 amide bonds. The number of hydrogen-bond donors (Lipinski definition) is 0. The average molecular weight is 429 g/mol. The number of carbonyl (C=O) groups excluding carboxylic acids is 1. The fourth-order valence-corrected chi connectivity index (χ4v) is 4.39. The van der Waals surface area contributed by atoms with Crippen molar-refractivity contribution in [2.24, 2.45) is 0 Å². The zero-order valence-electron chi connectivity index (χ0n) is 16.8. The number of rotatable bonds is 6. The average Bonchev–Trinajstić information content (AvgIpc) is 2.79. The summed E-state index contributed by atoms with van der Waals surface area (Å²) in [7, 11) is -3.64. The van der Waals surface area contributed by atoms with Crippen molar-refractivity contribution >= 4 is 16.1 Å². The molecule has 2 aromatic rings. The van der Waals surface area contributed by atoms with Crippen LogP contribution in [0.25, 0.3) is 0 Å². The molecule has 0 aliphatic carbocycles. The summed E-state index contributed by atoms with van der Waals surface area (Å²) < 4.78 is 37.9. The molecule has 0 N–H and O–H groups in total. The lowest BCUT2D eigenvalue weighted by molar-refractivity contribution is 0.0838. The number of sulfonamides is 1. The number of amides is 1. The highest BCUT2D eigenvalue weighted by Crippen LogP contribution is 2.21. The van der Waals surface area contributed by atoms with Crippen molar-refractivity contribution in [2.45, 2.75) is 18.4 Å². The van der Waals surface area contributed by atoms with E-state index in [1.54, 1.807) is 19.1 Å². The van der Waals surface area contributed by atoms with E-state index in [1.807, 2.05) is 30.3 Å². The number of hydrogen-bond acceptors (Lipinski definition) is 5. The molecule has 1 fully saturated rings. The molecule has 30 heavy (non-hydrogen) atoms. The number of ether oxygens (including phenoxy) is 2. The first-order valence-corrected chi connectivity index (χ1v) is 11.0. The smallest absolute Gasteiger partial charge is 0.410 e. The van der Waals surface area contributed by atoms with Crippen LogP contribution in [0.3, 0.4) is 0 Å². The molecule has 1 aliphatic rings. The van der Waals surface area contributed by atoms with Crippen LogP contribution in [0.1, 0.15) is 12.5 Å². The Balaban J connectivity index is 1.52. The fraction of sp³-hybridized carbons (Fsp3) is 0.318. The van der Waals surface area contributed by atoms with Crippen molar-refractivity contribution in [1.29, 1.82) is 0 Å². The minimum absolute atomic E-state index is 0.191. The van der Waals surface area contributed by atoms with E-state index in [0.717, 1.165) is 5.56 Å². The van der Waals surface area contributed by atoms with Crippen LogP contribution in [0.4, 0.5) is 4.79 Å². The van der Waals surface area contributed by atoms with Gasteiger partial charge in [-0.05, 0) is 36.8 Å². The largest absolute Gasteiger partial charge is 0.481 e. The first-order chi connectivity index (χ1) is 14.5. The molecule has 2 aromatic carbocycles. The summed E-state index contributed by atoms with van der Waals surface area (Å²) in [4.78, 5) is 14.0. The summed E-state index contributed by atoms with van der Waals surface area (Å²) in [6.45, 7) is 3.16. The van der Waals surface area contributed by atoms with Crippen LogP contribution < -0.4 is 4.74 Å². The van der Waals surface area contributed by atoms with Crippen molar-refractivity contribution in [2.75, 3.05) is 32.8 Å². The Kier molecular flexibility index (Phi) is 7.33. The van der Waals surface area contributed by atoms with Crippen molar-refractivity contribution in [1.82, 2.24) is 9.21 Å². The van der Waals surface area contributed by atoms with Gasteiger partial charge >= 0.3 is 6.09 Å². The van der Waals surface area contributed by atoms with Gasteiger partial charge in [0.2, 0.25) is 10.0 Å². The molecule has 8 heteroatoms. The van der Waals surface area contributed by atoms with Crippen LogP contribution in [-0.2, 0) is 21.4 Å². The minimum atomic E-state index is -3.64. The Morgan fingerprint density at radius 1 is 1.00 bits per heavy atom. The second-order valence-electron chi connectivity index (χ2n) is 6.62. The van der Waals surface area contributed by atoms with Crippen molar-refractivity contribution in [3.63, 3.8) is 0 Å². The second kappa shape index (κ2) is 10.1. The molecule has 0 aromatic heterocycles.